The molecule has 8 heteroatoms. The zero-order valence-electron chi connectivity index (χ0n) is 14.9. The molecule has 0 amide bonds. The Morgan fingerprint density at radius 1 is 1.12 bits per heavy atom. The van der Waals surface area contributed by atoms with E-state index >= 15 is 0 Å². The maximum absolute atomic E-state index is 11.8. The first kappa shape index (κ1) is 23.3. The number of carbonyl (C=O) groups is 1. The van der Waals surface area contributed by atoms with Crippen LogP contribution in [-0.4, -0.2) is 67.6 Å². The third-order valence-corrected chi connectivity index (χ3v) is 4.92. The average molecular weight is 368 g/mol. The van der Waals surface area contributed by atoms with Gasteiger partial charge in [-0.3, -0.25) is 4.79 Å². The second-order valence-corrected chi connectivity index (χ2v) is 8.07. The van der Waals surface area contributed by atoms with Gasteiger partial charge in [0.1, 0.15) is 0 Å². The summed E-state index contributed by atoms with van der Waals surface area (Å²) in [6.07, 6.45) is 5.73. The quantitative estimate of drug-likeness (QED) is 0.404. The predicted octanol–water partition coefficient (Wildman–Crippen LogP) is 1.85. The summed E-state index contributed by atoms with van der Waals surface area (Å²) in [6.45, 7) is 3.73. The van der Waals surface area contributed by atoms with Crippen molar-refractivity contribution in [3.05, 3.63) is 0 Å². The molecule has 2 N–H and O–H groups in total. The summed E-state index contributed by atoms with van der Waals surface area (Å²) in [5, 5.41) is 18.3. The summed E-state index contributed by atoms with van der Waals surface area (Å²) in [6, 6.07) is 0. The number of rotatable bonds is 16. The Labute approximate surface area is 146 Å². The molecule has 1 atom stereocenters. The Morgan fingerprint density at radius 3 is 2.33 bits per heavy atom. The van der Waals surface area contributed by atoms with Gasteiger partial charge < -0.3 is 14.9 Å². The molecule has 1 unspecified atom stereocenters. The molecular weight excluding hydrogens is 334 g/mol. The van der Waals surface area contributed by atoms with Crippen molar-refractivity contribution in [3.63, 3.8) is 0 Å². The number of carboxylic acids is 1. The number of hydrogen-bond acceptors (Lipinski definition) is 5. The van der Waals surface area contributed by atoms with Crippen molar-refractivity contribution < 1.29 is 28.2 Å². The van der Waals surface area contributed by atoms with Gasteiger partial charge in [0.25, 0.3) is 0 Å². The lowest BCUT2D eigenvalue weighted by molar-refractivity contribution is -0.137. The summed E-state index contributed by atoms with van der Waals surface area (Å²) < 4.78 is 30.3. The third-order valence-electron chi connectivity index (χ3n) is 3.62. The minimum absolute atomic E-state index is 0.160. The second kappa shape index (κ2) is 13.6. The fraction of sp³-hybridized carbons (Fsp3) is 0.938. The van der Waals surface area contributed by atoms with Gasteiger partial charge in [0.2, 0.25) is 10.0 Å². The van der Waals surface area contributed by atoms with Crippen molar-refractivity contribution >= 4 is 16.0 Å². The van der Waals surface area contributed by atoms with E-state index < -0.39 is 22.1 Å². The molecule has 144 valence electrons. The monoisotopic (exact) mass is 367 g/mol. The standard InChI is InChI=1S/C16H33NO6S/c1-3-13-23-14-15(18)9-8-12-17(24(2,21)22)11-7-5-4-6-10-16(19)20/h15,18H,3-14H2,1-2H3,(H,19,20). The number of aliphatic carboxylic acids is 1. The van der Waals surface area contributed by atoms with E-state index in [1.54, 1.807) is 0 Å². The number of nitrogens with zero attached hydrogens (tertiary/aromatic N) is 1. The Bertz CT molecular complexity index is 426. The van der Waals surface area contributed by atoms with E-state index in [0.29, 0.717) is 39.0 Å². The van der Waals surface area contributed by atoms with Crippen LogP contribution in [0.15, 0.2) is 0 Å². The van der Waals surface area contributed by atoms with Crippen LogP contribution in [0.25, 0.3) is 0 Å². The molecule has 0 aliphatic heterocycles. The number of carboxylic acid groups (broad SMARTS) is 1. The maximum atomic E-state index is 11.8. The number of aliphatic hydroxyl groups is 1. The van der Waals surface area contributed by atoms with Gasteiger partial charge in [-0.1, -0.05) is 19.8 Å². The SMILES string of the molecule is CCCOCC(O)CCCN(CCCCCCC(=O)O)S(C)(=O)=O. The van der Waals surface area contributed by atoms with Gasteiger partial charge in [0.05, 0.1) is 19.0 Å². The topological polar surface area (TPSA) is 104 Å². The summed E-state index contributed by atoms with van der Waals surface area (Å²) in [5.74, 6) is -0.797. The Morgan fingerprint density at radius 2 is 1.75 bits per heavy atom. The lowest BCUT2D eigenvalue weighted by atomic mass is 10.1. The Hall–Kier alpha value is -0.700. The molecule has 0 aliphatic rings. The van der Waals surface area contributed by atoms with Crippen molar-refractivity contribution in [3.8, 4) is 0 Å². The van der Waals surface area contributed by atoms with Gasteiger partial charge in [-0.05, 0) is 32.1 Å². The second-order valence-electron chi connectivity index (χ2n) is 6.09. The zero-order valence-corrected chi connectivity index (χ0v) is 15.8. The van der Waals surface area contributed by atoms with Gasteiger partial charge in [0.15, 0.2) is 0 Å². The van der Waals surface area contributed by atoms with Crippen molar-refractivity contribution in [2.24, 2.45) is 0 Å². The molecule has 0 saturated heterocycles. The summed E-state index contributed by atoms with van der Waals surface area (Å²) >= 11 is 0. The van der Waals surface area contributed by atoms with Gasteiger partial charge in [-0.15, -0.1) is 0 Å². The van der Waals surface area contributed by atoms with Crippen LogP contribution in [-0.2, 0) is 19.6 Å². The molecule has 7 nitrogen and oxygen atoms in total. The first-order chi connectivity index (χ1) is 11.3. The number of aliphatic hydroxyl groups excluding tert-OH is 1. The fourth-order valence-corrected chi connectivity index (χ4v) is 3.23. The molecule has 0 fully saturated rings. The molecule has 0 radical (unpaired) electrons. The average Bonchev–Trinajstić information content (AvgIpc) is 2.47. The molecule has 0 rings (SSSR count). The number of unbranched alkanes of at least 4 members (excludes halogenated alkanes) is 3. The highest BCUT2D eigenvalue weighted by Gasteiger charge is 2.16. The van der Waals surface area contributed by atoms with Crippen LogP contribution in [0.1, 0.15) is 58.3 Å². The molecule has 0 aromatic heterocycles. The summed E-state index contributed by atoms with van der Waals surface area (Å²) in [5.41, 5.74) is 0. The van der Waals surface area contributed by atoms with Crippen LogP contribution in [0.5, 0.6) is 0 Å². The Kier molecular flexibility index (Phi) is 13.2. The highest BCUT2D eigenvalue weighted by Crippen LogP contribution is 2.09. The van der Waals surface area contributed by atoms with E-state index in [4.69, 9.17) is 9.84 Å². The Balaban J connectivity index is 3.96. The molecule has 0 saturated carbocycles. The molecule has 0 aromatic carbocycles. The molecule has 24 heavy (non-hydrogen) atoms. The first-order valence-electron chi connectivity index (χ1n) is 8.70. The van der Waals surface area contributed by atoms with Gasteiger partial charge in [-0.25, -0.2) is 12.7 Å². The van der Waals surface area contributed by atoms with Crippen LogP contribution >= 0.6 is 0 Å². The zero-order chi connectivity index (χ0) is 18.4. The lowest BCUT2D eigenvalue weighted by Crippen LogP contribution is -2.32. The van der Waals surface area contributed by atoms with Crippen molar-refractivity contribution in [1.29, 1.82) is 0 Å². The number of hydrogen-bond donors (Lipinski definition) is 2. The predicted molar refractivity (Wildman–Crippen MR) is 93.5 cm³/mol. The molecule has 0 heterocycles. The largest absolute Gasteiger partial charge is 0.481 e. The summed E-state index contributed by atoms with van der Waals surface area (Å²) in [7, 11) is -3.26. The molecular formula is C16H33NO6S. The molecule has 0 bridgehead atoms. The van der Waals surface area contributed by atoms with E-state index in [1.165, 1.54) is 10.6 Å². The van der Waals surface area contributed by atoms with Crippen LogP contribution in [0.3, 0.4) is 0 Å². The molecule has 0 aliphatic carbocycles. The minimum Gasteiger partial charge on any atom is -0.481 e. The van der Waals surface area contributed by atoms with E-state index in [1.807, 2.05) is 6.92 Å². The van der Waals surface area contributed by atoms with Crippen LogP contribution in [0.4, 0.5) is 0 Å². The van der Waals surface area contributed by atoms with Gasteiger partial charge in [-0.2, -0.15) is 0 Å². The van der Waals surface area contributed by atoms with E-state index in [0.717, 1.165) is 25.7 Å². The highest BCUT2D eigenvalue weighted by molar-refractivity contribution is 7.88. The van der Waals surface area contributed by atoms with Crippen LogP contribution in [0.2, 0.25) is 0 Å². The smallest absolute Gasteiger partial charge is 0.303 e. The normalized spacial score (nSPS) is 13.3. The highest BCUT2D eigenvalue weighted by atomic mass is 32.2. The van der Waals surface area contributed by atoms with Crippen molar-refractivity contribution in [2.75, 3.05) is 32.6 Å². The number of sulfonamides is 1. The van der Waals surface area contributed by atoms with Gasteiger partial charge in [0, 0.05) is 26.1 Å². The lowest BCUT2D eigenvalue weighted by Gasteiger charge is -2.20. The van der Waals surface area contributed by atoms with Gasteiger partial charge >= 0.3 is 5.97 Å². The van der Waals surface area contributed by atoms with Crippen LogP contribution in [0, 0.1) is 0 Å². The first-order valence-corrected chi connectivity index (χ1v) is 10.5. The molecule has 0 spiro atoms. The summed E-state index contributed by atoms with van der Waals surface area (Å²) in [4.78, 5) is 10.4. The number of ether oxygens (including phenoxy) is 1. The van der Waals surface area contributed by atoms with E-state index in [9.17, 15) is 18.3 Å². The maximum Gasteiger partial charge on any atom is 0.303 e. The van der Waals surface area contributed by atoms with E-state index in [-0.39, 0.29) is 13.0 Å². The molecule has 0 aromatic rings. The van der Waals surface area contributed by atoms with Crippen molar-refractivity contribution in [2.45, 2.75) is 64.4 Å². The van der Waals surface area contributed by atoms with E-state index in [2.05, 4.69) is 0 Å². The third kappa shape index (κ3) is 13.7. The van der Waals surface area contributed by atoms with Crippen LogP contribution < -0.4 is 0 Å². The fourth-order valence-electron chi connectivity index (χ4n) is 2.31. The van der Waals surface area contributed by atoms with Crippen molar-refractivity contribution in [1.82, 2.24) is 4.31 Å². The minimum atomic E-state index is -3.26.